The summed E-state index contributed by atoms with van der Waals surface area (Å²) >= 11 is 0. The van der Waals surface area contributed by atoms with E-state index in [-0.39, 0.29) is 17.4 Å². The Balaban J connectivity index is 1.10. The van der Waals surface area contributed by atoms with Gasteiger partial charge in [-0.3, -0.25) is 19.2 Å². The van der Waals surface area contributed by atoms with Crippen LogP contribution in [0, 0.1) is 23.2 Å². The van der Waals surface area contributed by atoms with Crippen molar-refractivity contribution in [2.24, 2.45) is 23.2 Å². The first kappa shape index (κ1) is 20.9. The molecule has 1 aromatic rings. The largest absolute Gasteiger partial charge is 0.348 e. The van der Waals surface area contributed by atoms with Crippen LogP contribution in [0.3, 0.4) is 0 Å². The summed E-state index contributed by atoms with van der Waals surface area (Å²) in [6.45, 7) is 8.89. The van der Waals surface area contributed by atoms with Crippen LogP contribution in [-0.2, 0) is 11.3 Å². The summed E-state index contributed by atoms with van der Waals surface area (Å²) in [5.74, 6) is 2.71. The number of nitrogens with zero attached hydrogens (tertiary/aromatic N) is 5. The minimum Gasteiger partial charge on any atom is -0.348 e. The summed E-state index contributed by atoms with van der Waals surface area (Å²) in [6, 6.07) is 0.0788. The first-order chi connectivity index (χ1) is 14.9. The topological polar surface area (TPSA) is 83.4 Å². The molecule has 8 heteroatoms. The van der Waals surface area contributed by atoms with Crippen LogP contribution in [0.25, 0.3) is 0 Å². The van der Waals surface area contributed by atoms with Crippen LogP contribution in [0.4, 0.5) is 0 Å². The molecule has 4 aliphatic carbocycles. The molecule has 0 aromatic carbocycles. The number of carbonyl (C=O) groups excluding carboxylic acids is 2. The van der Waals surface area contributed by atoms with Gasteiger partial charge in [-0.25, -0.2) is 0 Å². The molecule has 31 heavy (non-hydrogen) atoms. The molecule has 5 fully saturated rings. The van der Waals surface area contributed by atoms with Crippen LogP contribution >= 0.6 is 0 Å². The lowest BCUT2D eigenvalue weighted by Crippen LogP contribution is -2.58. The van der Waals surface area contributed by atoms with Crippen molar-refractivity contribution in [1.82, 2.24) is 30.1 Å². The molecule has 1 N–H and O–H groups in total. The minimum atomic E-state index is -0.182. The maximum absolute atomic E-state index is 13.5. The fourth-order valence-electron chi connectivity index (χ4n) is 6.97. The molecule has 0 atom stereocenters. The van der Waals surface area contributed by atoms with Gasteiger partial charge in [0.2, 0.25) is 5.91 Å². The van der Waals surface area contributed by atoms with Crippen LogP contribution in [-0.4, -0.2) is 75.4 Å². The molecule has 0 unspecified atom stereocenters. The lowest BCUT2D eigenvalue weighted by atomic mass is 9.49. The number of aromatic nitrogens is 3. The Kier molecular flexibility index (Phi) is 5.52. The summed E-state index contributed by atoms with van der Waals surface area (Å²) in [5.41, 5.74) is 0.338. The van der Waals surface area contributed by atoms with E-state index >= 15 is 0 Å². The van der Waals surface area contributed by atoms with E-state index < -0.39 is 0 Å². The smallest absolute Gasteiger partial charge is 0.273 e. The Morgan fingerprint density at radius 2 is 1.65 bits per heavy atom. The zero-order valence-electron chi connectivity index (χ0n) is 18.9. The predicted octanol–water partition coefficient (Wildman–Crippen LogP) is 1.78. The second-order valence-corrected chi connectivity index (χ2v) is 10.8. The maximum atomic E-state index is 13.5. The zero-order valence-corrected chi connectivity index (χ0v) is 18.9. The Bertz CT molecular complexity index is 791. The Morgan fingerprint density at radius 3 is 2.23 bits per heavy atom. The van der Waals surface area contributed by atoms with Gasteiger partial charge in [0.15, 0.2) is 5.69 Å². The first-order valence-corrected chi connectivity index (χ1v) is 12.1. The van der Waals surface area contributed by atoms with Gasteiger partial charge in [0.05, 0.1) is 18.2 Å². The highest BCUT2D eigenvalue weighted by Gasteiger charge is 2.55. The Labute approximate surface area is 184 Å². The normalized spacial score (nSPS) is 32.6. The molecular formula is C23H36N6O2. The molecule has 2 heterocycles. The van der Waals surface area contributed by atoms with Crippen molar-refractivity contribution in [3.05, 3.63) is 11.9 Å². The summed E-state index contributed by atoms with van der Waals surface area (Å²) in [4.78, 5) is 30.1. The number of nitrogens with one attached hydrogen (secondary N) is 1. The SMILES string of the molecule is CC(C)NC(=O)c1cn(CCN2CCN(C(=O)C34CC5CC(CC(C5)C3)C4)CC2)nn1. The van der Waals surface area contributed by atoms with E-state index in [0.717, 1.165) is 69.7 Å². The van der Waals surface area contributed by atoms with Crippen LogP contribution in [0.15, 0.2) is 6.20 Å². The average molecular weight is 429 g/mol. The lowest BCUT2D eigenvalue weighted by molar-refractivity contribution is -0.159. The third kappa shape index (κ3) is 4.23. The van der Waals surface area contributed by atoms with E-state index in [1.54, 1.807) is 10.9 Å². The van der Waals surface area contributed by atoms with E-state index in [0.29, 0.717) is 18.1 Å². The molecule has 170 valence electrons. The average Bonchev–Trinajstić information content (AvgIpc) is 3.20. The van der Waals surface area contributed by atoms with Crippen LogP contribution in [0.1, 0.15) is 62.9 Å². The van der Waals surface area contributed by atoms with E-state index in [9.17, 15) is 9.59 Å². The number of amides is 2. The van der Waals surface area contributed by atoms with Crippen molar-refractivity contribution in [2.45, 2.75) is 65.0 Å². The van der Waals surface area contributed by atoms with Crippen molar-refractivity contribution in [2.75, 3.05) is 32.7 Å². The minimum absolute atomic E-state index is 0.0232. The summed E-state index contributed by atoms with van der Waals surface area (Å²) < 4.78 is 1.74. The van der Waals surface area contributed by atoms with Gasteiger partial charge in [0.25, 0.3) is 5.91 Å². The number of hydrogen-bond donors (Lipinski definition) is 1. The molecule has 6 rings (SSSR count). The second kappa shape index (κ2) is 8.19. The standard InChI is InChI=1S/C23H36N6O2/c1-16(2)24-21(30)20-15-29(26-25-20)8-5-27-3-6-28(7-4-27)22(31)23-12-17-9-18(13-23)11-19(10-17)14-23/h15-19H,3-14H2,1-2H3,(H,24,30). The van der Waals surface area contributed by atoms with Gasteiger partial charge in [-0.15, -0.1) is 5.10 Å². The molecule has 4 saturated carbocycles. The summed E-state index contributed by atoms with van der Waals surface area (Å²) in [6.07, 6.45) is 9.30. The van der Waals surface area contributed by atoms with Crippen molar-refractivity contribution >= 4 is 11.8 Å². The van der Waals surface area contributed by atoms with Crippen molar-refractivity contribution in [3.8, 4) is 0 Å². The van der Waals surface area contributed by atoms with Crippen molar-refractivity contribution < 1.29 is 9.59 Å². The van der Waals surface area contributed by atoms with Crippen molar-refractivity contribution in [1.29, 1.82) is 0 Å². The zero-order chi connectivity index (χ0) is 21.6. The Hall–Kier alpha value is -1.96. The highest BCUT2D eigenvalue weighted by Crippen LogP contribution is 2.60. The quantitative estimate of drug-likeness (QED) is 0.747. The van der Waals surface area contributed by atoms with E-state index in [1.165, 1.54) is 19.3 Å². The first-order valence-electron chi connectivity index (χ1n) is 12.1. The van der Waals surface area contributed by atoms with Gasteiger partial charge in [-0.05, 0) is 70.1 Å². The van der Waals surface area contributed by atoms with Crippen molar-refractivity contribution in [3.63, 3.8) is 0 Å². The predicted molar refractivity (Wildman–Crippen MR) is 116 cm³/mol. The van der Waals surface area contributed by atoms with E-state index in [2.05, 4.69) is 25.4 Å². The van der Waals surface area contributed by atoms with Gasteiger partial charge in [0.1, 0.15) is 0 Å². The van der Waals surface area contributed by atoms with Gasteiger partial charge in [0, 0.05) is 38.8 Å². The highest BCUT2D eigenvalue weighted by atomic mass is 16.2. The fourth-order valence-corrected chi connectivity index (χ4v) is 6.97. The Morgan fingerprint density at radius 1 is 1.03 bits per heavy atom. The van der Waals surface area contributed by atoms with Crippen LogP contribution in [0.5, 0.6) is 0 Å². The monoisotopic (exact) mass is 428 g/mol. The lowest BCUT2D eigenvalue weighted by Gasteiger charge is -2.57. The van der Waals surface area contributed by atoms with Crippen LogP contribution in [0.2, 0.25) is 0 Å². The summed E-state index contributed by atoms with van der Waals surface area (Å²) in [5, 5.41) is 10.9. The highest BCUT2D eigenvalue weighted by molar-refractivity contribution is 5.92. The molecule has 0 spiro atoms. The molecule has 1 saturated heterocycles. The third-order valence-electron chi connectivity index (χ3n) is 7.99. The second-order valence-electron chi connectivity index (χ2n) is 10.8. The molecule has 8 nitrogen and oxygen atoms in total. The molecule has 0 radical (unpaired) electrons. The van der Waals surface area contributed by atoms with Gasteiger partial charge >= 0.3 is 0 Å². The number of rotatable bonds is 6. The van der Waals surface area contributed by atoms with E-state index in [4.69, 9.17) is 0 Å². The van der Waals surface area contributed by atoms with E-state index in [1.807, 2.05) is 13.8 Å². The number of carbonyl (C=O) groups is 2. The van der Waals surface area contributed by atoms with Gasteiger partial charge < -0.3 is 10.2 Å². The molecule has 1 aromatic heterocycles. The molecule has 5 aliphatic rings. The summed E-state index contributed by atoms with van der Waals surface area (Å²) in [7, 11) is 0. The third-order valence-corrected chi connectivity index (χ3v) is 7.99. The van der Waals surface area contributed by atoms with Crippen LogP contribution < -0.4 is 5.32 Å². The van der Waals surface area contributed by atoms with Gasteiger partial charge in [-0.2, -0.15) is 0 Å². The fraction of sp³-hybridized carbons (Fsp3) is 0.826. The van der Waals surface area contributed by atoms with Gasteiger partial charge in [-0.1, -0.05) is 5.21 Å². The molecular weight excluding hydrogens is 392 g/mol. The number of hydrogen-bond acceptors (Lipinski definition) is 5. The molecule has 4 bridgehead atoms. The molecule has 2 amide bonds. The molecule has 1 aliphatic heterocycles. The maximum Gasteiger partial charge on any atom is 0.273 e. The number of piperazine rings is 1.